The van der Waals surface area contributed by atoms with Crippen molar-refractivity contribution in [2.24, 2.45) is 5.41 Å². The smallest absolute Gasteiger partial charge is 0.319 e. The molecule has 1 spiro atoms. The Morgan fingerprint density at radius 3 is 2.79 bits per heavy atom. The minimum absolute atomic E-state index is 0.131. The Labute approximate surface area is 116 Å². The number of rotatable bonds is 1. The number of carbonyl (C=O) groups is 1. The van der Waals surface area contributed by atoms with E-state index in [1.807, 2.05) is 19.0 Å². The highest BCUT2D eigenvalue weighted by atomic mass is 16.5. The summed E-state index contributed by atoms with van der Waals surface area (Å²) in [6.07, 6.45) is 2.25. The second-order valence-electron chi connectivity index (χ2n) is 6.12. The SMILES string of the molecule is CCN1CCOC[C@@]2(CCCN(C(=O)N(C)C)C2)C1. The number of likely N-dealkylation sites (N-methyl/N-ethyl adjacent to an activating group) is 1. The minimum atomic E-state index is 0.131. The first-order valence-corrected chi connectivity index (χ1v) is 7.33. The molecule has 2 saturated heterocycles. The fraction of sp³-hybridized carbons (Fsp3) is 0.929. The Morgan fingerprint density at radius 2 is 2.11 bits per heavy atom. The van der Waals surface area contributed by atoms with Crippen LogP contribution in [0.25, 0.3) is 0 Å². The molecule has 0 aromatic carbocycles. The number of ether oxygens (including phenoxy) is 1. The summed E-state index contributed by atoms with van der Waals surface area (Å²) in [4.78, 5) is 18.3. The molecular formula is C14H27N3O2. The quantitative estimate of drug-likeness (QED) is 0.715. The Bertz CT molecular complexity index is 322. The highest BCUT2D eigenvalue weighted by molar-refractivity contribution is 5.74. The van der Waals surface area contributed by atoms with Gasteiger partial charge in [-0.05, 0) is 19.4 Å². The van der Waals surface area contributed by atoms with Crippen molar-refractivity contribution < 1.29 is 9.53 Å². The average molecular weight is 269 g/mol. The van der Waals surface area contributed by atoms with Crippen molar-refractivity contribution in [1.82, 2.24) is 14.7 Å². The van der Waals surface area contributed by atoms with Crippen LogP contribution in [0.3, 0.4) is 0 Å². The molecule has 2 amide bonds. The third-order valence-electron chi connectivity index (χ3n) is 4.28. The Balaban J connectivity index is 2.07. The van der Waals surface area contributed by atoms with E-state index in [0.717, 1.165) is 52.4 Å². The molecule has 2 aliphatic heterocycles. The highest BCUT2D eigenvalue weighted by Gasteiger charge is 2.40. The minimum Gasteiger partial charge on any atom is -0.379 e. The van der Waals surface area contributed by atoms with Gasteiger partial charge in [0.05, 0.1) is 13.2 Å². The molecule has 0 N–H and O–H groups in total. The molecular weight excluding hydrogens is 242 g/mol. The second kappa shape index (κ2) is 6.09. The maximum Gasteiger partial charge on any atom is 0.319 e. The van der Waals surface area contributed by atoms with Gasteiger partial charge in [-0.3, -0.25) is 0 Å². The summed E-state index contributed by atoms with van der Waals surface area (Å²) < 4.78 is 5.82. The number of carbonyl (C=O) groups excluding carboxylic acids is 1. The molecule has 2 aliphatic rings. The number of nitrogens with zero attached hydrogens (tertiary/aromatic N) is 3. The van der Waals surface area contributed by atoms with E-state index in [-0.39, 0.29) is 11.4 Å². The summed E-state index contributed by atoms with van der Waals surface area (Å²) in [6.45, 7) is 8.65. The van der Waals surface area contributed by atoms with Gasteiger partial charge in [-0.2, -0.15) is 0 Å². The lowest BCUT2D eigenvalue weighted by Gasteiger charge is -2.44. The van der Waals surface area contributed by atoms with Crippen molar-refractivity contribution in [3.63, 3.8) is 0 Å². The number of urea groups is 1. The van der Waals surface area contributed by atoms with E-state index >= 15 is 0 Å². The predicted molar refractivity (Wildman–Crippen MR) is 75.3 cm³/mol. The molecule has 19 heavy (non-hydrogen) atoms. The van der Waals surface area contributed by atoms with Gasteiger partial charge in [-0.15, -0.1) is 0 Å². The average Bonchev–Trinajstić information content (AvgIpc) is 2.60. The van der Waals surface area contributed by atoms with Crippen LogP contribution in [0.1, 0.15) is 19.8 Å². The molecule has 2 rings (SSSR count). The molecule has 110 valence electrons. The zero-order chi connectivity index (χ0) is 13.9. The Morgan fingerprint density at radius 1 is 1.32 bits per heavy atom. The lowest BCUT2D eigenvalue weighted by Crippen LogP contribution is -2.54. The molecule has 0 aliphatic carbocycles. The van der Waals surface area contributed by atoms with Crippen molar-refractivity contribution in [2.45, 2.75) is 19.8 Å². The van der Waals surface area contributed by atoms with Crippen LogP contribution in [0.15, 0.2) is 0 Å². The van der Waals surface area contributed by atoms with E-state index in [4.69, 9.17) is 4.74 Å². The van der Waals surface area contributed by atoms with Crippen LogP contribution in [0, 0.1) is 5.41 Å². The number of likely N-dealkylation sites (tertiary alicyclic amines) is 1. The van der Waals surface area contributed by atoms with Crippen LogP contribution < -0.4 is 0 Å². The van der Waals surface area contributed by atoms with Crippen molar-refractivity contribution in [3.8, 4) is 0 Å². The van der Waals surface area contributed by atoms with Gasteiger partial charge < -0.3 is 19.4 Å². The second-order valence-corrected chi connectivity index (χ2v) is 6.12. The first kappa shape index (κ1) is 14.6. The van der Waals surface area contributed by atoms with E-state index in [9.17, 15) is 4.79 Å². The molecule has 5 nitrogen and oxygen atoms in total. The van der Waals surface area contributed by atoms with Crippen LogP contribution in [0.2, 0.25) is 0 Å². The van der Waals surface area contributed by atoms with E-state index in [2.05, 4.69) is 11.8 Å². The van der Waals surface area contributed by atoms with E-state index < -0.39 is 0 Å². The summed E-state index contributed by atoms with van der Waals surface area (Å²) in [5, 5.41) is 0. The van der Waals surface area contributed by atoms with Crippen molar-refractivity contribution >= 4 is 6.03 Å². The number of amides is 2. The summed E-state index contributed by atoms with van der Waals surface area (Å²) in [7, 11) is 3.65. The molecule has 5 heteroatoms. The third-order valence-corrected chi connectivity index (χ3v) is 4.28. The van der Waals surface area contributed by atoms with Gasteiger partial charge in [0.25, 0.3) is 0 Å². The van der Waals surface area contributed by atoms with Crippen LogP contribution in [-0.2, 0) is 4.74 Å². The fourth-order valence-corrected chi connectivity index (χ4v) is 3.25. The molecule has 2 heterocycles. The number of hydrogen-bond donors (Lipinski definition) is 0. The van der Waals surface area contributed by atoms with Crippen LogP contribution in [-0.4, -0.2) is 80.8 Å². The standard InChI is InChI=1S/C14H27N3O2/c1-4-16-8-9-19-12-14(10-16)6-5-7-17(11-14)13(18)15(2)3/h4-12H2,1-3H3/t14-/m0/s1. The summed E-state index contributed by atoms with van der Waals surface area (Å²) >= 11 is 0. The Kier molecular flexibility index (Phi) is 4.68. The van der Waals surface area contributed by atoms with Gasteiger partial charge in [-0.25, -0.2) is 4.79 Å². The van der Waals surface area contributed by atoms with E-state index in [1.165, 1.54) is 6.42 Å². The molecule has 0 aromatic heterocycles. The third kappa shape index (κ3) is 3.39. The van der Waals surface area contributed by atoms with Gasteiger partial charge in [-0.1, -0.05) is 6.92 Å². The number of piperidine rings is 1. The van der Waals surface area contributed by atoms with Crippen LogP contribution in [0.4, 0.5) is 4.79 Å². The molecule has 0 saturated carbocycles. The normalized spacial score (nSPS) is 29.3. The largest absolute Gasteiger partial charge is 0.379 e. The zero-order valence-electron chi connectivity index (χ0n) is 12.5. The van der Waals surface area contributed by atoms with Crippen molar-refractivity contribution in [1.29, 1.82) is 0 Å². The molecule has 2 fully saturated rings. The lowest BCUT2D eigenvalue weighted by molar-refractivity contribution is 0.0144. The van der Waals surface area contributed by atoms with Gasteiger partial charge in [0, 0.05) is 45.7 Å². The van der Waals surface area contributed by atoms with Crippen LogP contribution >= 0.6 is 0 Å². The Hall–Kier alpha value is -0.810. The van der Waals surface area contributed by atoms with Gasteiger partial charge in [0.1, 0.15) is 0 Å². The first-order chi connectivity index (χ1) is 9.06. The molecule has 0 aromatic rings. The number of hydrogen-bond acceptors (Lipinski definition) is 3. The first-order valence-electron chi connectivity index (χ1n) is 7.33. The summed E-state index contributed by atoms with van der Waals surface area (Å²) in [5.74, 6) is 0. The summed E-state index contributed by atoms with van der Waals surface area (Å²) in [5.41, 5.74) is 0.135. The van der Waals surface area contributed by atoms with E-state index in [1.54, 1.807) is 4.90 Å². The summed E-state index contributed by atoms with van der Waals surface area (Å²) in [6, 6.07) is 0.131. The molecule has 1 atom stereocenters. The topological polar surface area (TPSA) is 36.0 Å². The van der Waals surface area contributed by atoms with Gasteiger partial charge in [0.15, 0.2) is 0 Å². The van der Waals surface area contributed by atoms with Gasteiger partial charge in [0.2, 0.25) is 0 Å². The molecule has 0 bridgehead atoms. The molecule has 0 radical (unpaired) electrons. The maximum atomic E-state index is 12.2. The molecule has 0 unspecified atom stereocenters. The van der Waals surface area contributed by atoms with Crippen molar-refractivity contribution in [3.05, 3.63) is 0 Å². The lowest BCUT2D eigenvalue weighted by atomic mass is 9.80. The highest BCUT2D eigenvalue weighted by Crippen LogP contribution is 2.33. The fourth-order valence-electron chi connectivity index (χ4n) is 3.25. The van der Waals surface area contributed by atoms with Gasteiger partial charge >= 0.3 is 6.03 Å². The van der Waals surface area contributed by atoms with E-state index in [0.29, 0.717) is 0 Å². The monoisotopic (exact) mass is 269 g/mol. The van der Waals surface area contributed by atoms with Crippen LogP contribution in [0.5, 0.6) is 0 Å². The zero-order valence-corrected chi connectivity index (χ0v) is 12.5. The predicted octanol–water partition coefficient (Wildman–Crippen LogP) is 1.10. The maximum absolute atomic E-state index is 12.2. The van der Waals surface area contributed by atoms with Crippen molar-refractivity contribution in [2.75, 3.05) is 60.0 Å².